The van der Waals surface area contributed by atoms with Crippen LogP contribution in [0.15, 0.2) is 29.3 Å². The predicted octanol–water partition coefficient (Wildman–Crippen LogP) is 2.13. The molecule has 1 N–H and O–H groups in total. The van der Waals surface area contributed by atoms with Gasteiger partial charge >= 0.3 is 0 Å². The van der Waals surface area contributed by atoms with Gasteiger partial charge in [0, 0.05) is 46.9 Å². The number of halogens is 1. The van der Waals surface area contributed by atoms with Crippen LogP contribution in [-0.2, 0) is 9.47 Å². The highest BCUT2D eigenvalue weighted by Gasteiger charge is 2.24. The lowest BCUT2D eigenvalue weighted by Gasteiger charge is -2.35. The quantitative estimate of drug-likeness (QED) is 0.396. The summed E-state index contributed by atoms with van der Waals surface area (Å²) in [6.45, 7) is 6.11. The van der Waals surface area contributed by atoms with Gasteiger partial charge in [0.15, 0.2) is 5.96 Å². The molecule has 0 bridgehead atoms. The summed E-state index contributed by atoms with van der Waals surface area (Å²) in [5, 5.41) is 3.46. The lowest BCUT2D eigenvalue weighted by molar-refractivity contribution is 0.0168. The number of benzene rings is 1. The van der Waals surface area contributed by atoms with Gasteiger partial charge in [0.2, 0.25) is 0 Å². The fraction of sp³-hybridized carbons (Fsp3) is 0.667. The van der Waals surface area contributed by atoms with Crippen LogP contribution in [0.25, 0.3) is 0 Å². The molecule has 0 radical (unpaired) electrons. The molecule has 1 aromatic carbocycles. The van der Waals surface area contributed by atoms with E-state index < -0.39 is 0 Å². The maximum Gasteiger partial charge on any atom is 0.193 e. The fourth-order valence-electron chi connectivity index (χ4n) is 3.48. The number of hydrogen-bond donors (Lipinski definition) is 1. The highest BCUT2D eigenvalue weighted by atomic mass is 19.1. The molecule has 1 saturated carbocycles. The Morgan fingerprint density at radius 3 is 2.86 bits per heavy atom. The molecule has 1 atom stereocenters. The second-order valence-corrected chi connectivity index (χ2v) is 7.59. The first kappa shape index (κ1) is 21.0. The molecule has 3 rings (SSSR count). The van der Waals surface area contributed by atoms with E-state index in [9.17, 15) is 4.39 Å². The molecule has 1 heterocycles. The monoisotopic (exact) mass is 392 g/mol. The second kappa shape index (κ2) is 10.7. The van der Waals surface area contributed by atoms with Crippen LogP contribution < -0.4 is 5.32 Å². The molecule has 0 spiro atoms. The first-order valence-electron chi connectivity index (χ1n) is 10.2. The number of likely N-dealkylation sites (N-methyl/N-ethyl adjacent to an activating group) is 1. The minimum atomic E-state index is -0.204. The Labute approximate surface area is 167 Å². The van der Waals surface area contributed by atoms with E-state index in [2.05, 4.69) is 20.1 Å². The number of morpholine rings is 1. The van der Waals surface area contributed by atoms with Crippen molar-refractivity contribution in [1.82, 2.24) is 15.1 Å². The first-order chi connectivity index (χ1) is 13.7. The highest BCUT2D eigenvalue weighted by Crippen LogP contribution is 2.28. The molecule has 2 fully saturated rings. The average molecular weight is 393 g/mol. The molecule has 156 valence electrons. The number of nitrogens with one attached hydrogen (secondary N) is 1. The van der Waals surface area contributed by atoms with Crippen molar-refractivity contribution in [2.75, 3.05) is 66.7 Å². The largest absolute Gasteiger partial charge is 0.379 e. The predicted molar refractivity (Wildman–Crippen MR) is 109 cm³/mol. The smallest absolute Gasteiger partial charge is 0.193 e. The molecule has 0 aromatic heterocycles. The Kier molecular flexibility index (Phi) is 8.06. The topological polar surface area (TPSA) is 49.3 Å². The van der Waals surface area contributed by atoms with Crippen molar-refractivity contribution in [3.63, 3.8) is 0 Å². The molecule has 6 nitrogen and oxygen atoms in total. The summed E-state index contributed by atoms with van der Waals surface area (Å²) in [5.41, 5.74) is 0.972. The minimum absolute atomic E-state index is 0.0656. The van der Waals surface area contributed by atoms with Gasteiger partial charge in [0.25, 0.3) is 0 Å². The highest BCUT2D eigenvalue weighted by molar-refractivity contribution is 5.79. The van der Waals surface area contributed by atoms with E-state index in [0.717, 1.165) is 43.7 Å². The van der Waals surface area contributed by atoms with Crippen LogP contribution in [0.3, 0.4) is 0 Å². The Morgan fingerprint density at radius 1 is 1.39 bits per heavy atom. The molecule has 1 aliphatic heterocycles. The van der Waals surface area contributed by atoms with Gasteiger partial charge in [0.1, 0.15) is 5.82 Å². The Hall–Kier alpha value is -1.70. The first-order valence-corrected chi connectivity index (χ1v) is 10.2. The molecule has 1 aromatic rings. The van der Waals surface area contributed by atoms with E-state index in [1.54, 1.807) is 19.2 Å². The van der Waals surface area contributed by atoms with Crippen LogP contribution in [0.5, 0.6) is 0 Å². The van der Waals surface area contributed by atoms with Crippen molar-refractivity contribution in [2.24, 2.45) is 10.9 Å². The summed E-state index contributed by atoms with van der Waals surface area (Å²) < 4.78 is 25.0. The summed E-state index contributed by atoms with van der Waals surface area (Å²) in [6, 6.07) is 6.94. The van der Waals surface area contributed by atoms with Crippen molar-refractivity contribution in [1.29, 1.82) is 0 Å². The van der Waals surface area contributed by atoms with Crippen molar-refractivity contribution in [3.8, 4) is 0 Å². The third kappa shape index (κ3) is 6.43. The van der Waals surface area contributed by atoms with E-state index >= 15 is 0 Å². The standard InChI is InChI=1S/C21H33FN4O2/c1-23-21(25(2)8-11-28-16-17-6-7-17)24-15-20(26-9-12-27-13-10-26)18-4-3-5-19(22)14-18/h3-5,14,17,20H,6-13,15-16H2,1-2H3,(H,23,24). The van der Waals surface area contributed by atoms with Crippen LogP contribution in [0, 0.1) is 11.7 Å². The summed E-state index contributed by atoms with van der Waals surface area (Å²) in [4.78, 5) is 8.82. The number of rotatable bonds is 9. The lowest BCUT2D eigenvalue weighted by atomic mass is 10.0. The number of guanidine groups is 1. The third-order valence-electron chi connectivity index (χ3n) is 5.37. The summed E-state index contributed by atoms with van der Waals surface area (Å²) in [5.74, 6) is 1.40. The Balaban J connectivity index is 1.55. The van der Waals surface area contributed by atoms with Crippen LogP contribution in [0.1, 0.15) is 24.4 Å². The minimum Gasteiger partial charge on any atom is -0.379 e. The molecule has 7 heteroatoms. The number of ether oxygens (including phenoxy) is 2. The van der Waals surface area contributed by atoms with Crippen LogP contribution in [0.4, 0.5) is 4.39 Å². The molecule has 2 aliphatic rings. The van der Waals surface area contributed by atoms with Gasteiger partial charge in [-0.1, -0.05) is 12.1 Å². The second-order valence-electron chi connectivity index (χ2n) is 7.59. The van der Waals surface area contributed by atoms with Gasteiger partial charge < -0.3 is 19.7 Å². The molecule has 0 amide bonds. The Morgan fingerprint density at radius 2 is 2.18 bits per heavy atom. The molecular formula is C21H33FN4O2. The van der Waals surface area contributed by atoms with E-state index in [1.165, 1.54) is 18.9 Å². The van der Waals surface area contributed by atoms with Crippen molar-refractivity contribution < 1.29 is 13.9 Å². The van der Waals surface area contributed by atoms with Crippen LogP contribution >= 0.6 is 0 Å². The lowest BCUT2D eigenvalue weighted by Crippen LogP contribution is -2.47. The van der Waals surface area contributed by atoms with Crippen molar-refractivity contribution in [3.05, 3.63) is 35.6 Å². The van der Waals surface area contributed by atoms with E-state index in [-0.39, 0.29) is 11.9 Å². The zero-order valence-corrected chi connectivity index (χ0v) is 17.1. The van der Waals surface area contributed by atoms with Crippen LogP contribution in [-0.4, -0.2) is 82.5 Å². The third-order valence-corrected chi connectivity index (χ3v) is 5.37. The number of nitrogens with zero attached hydrogens (tertiary/aromatic N) is 3. The zero-order chi connectivity index (χ0) is 19.8. The molecule has 1 aliphatic carbocycles. The van der Waals surface area contributed by atoms with Crippen molar-refractivity contribution >= 4 is 5.96 Å². The van der Waals surface area contributed by atoms with Crippen molar-refractivity contribution in [2.45, 2.75) is 18.9 Å². The maximum absolute atomic E-state index is 13.8. The summed E-state index contributed by atoms with van der Waals surface area (Å²) >= 11 is 0. The SMILES string of the molecule is CN=C(NCC(c1cccc(F)c1)N1CCOCC1)N(C)CCOCC1CC1. The average Bonchev–Trinajstić information content (AvgIpc) is 3.54. The van der Waals surface area contributed by atoms with E-state index in [4.69, 9.17) is 9.47 Å². The molecule has 28 heavy (non-hydrogen) atoms. The molecule has 1 unspecified atom stereocenters. The van der Waals surface area contributed by atoms with Gasteiger partial charge in [0.05, 0.1) is 25.9 Å². The van der Waals surface area contributed by atoms with E-state index in [1.807, 2.05) is 13.1 Å². The van der Waals surface area contributed by atoms with Crippen LogP contribution in [0.2, 0.25) is 0 Å². The molecular weight excluding hydrogens is 359 g/mol. The zero-order valence-electron chi connectivity index (χ0n) is 17.1. The van der Waals surface area contributed by atoms with Gasteiger partial charge in [-0.25, -0.2) is 4.39 Å². The fourth-order valence-corrected chi connectivity index (χ4v) is 3.48. The Bertz CT molecular complexity index is 633. The van der Waals surface area contributed by atoms with E-state index in [0.29, 0.717) is 26.4 Å². The van der Waals surface area contributed by atoms with Gasteiger partial charge in [-0.05, 0) is 36.5 Å². The van der Waals surface area contributed by atoms with Gasteiger partial charge in [-0.2, -0.15) is 0 Å². The number of aliphatic imine (C=N–C) groups is 1. The van der Waals surface area contributed by atoms with Gasteiger partial charge in [-0.15, -0.1) is 0 Å². The normalized spacial score (nSPS) is 19.5. The number of hydrogen-bond acceptors (Lipinski definition) is 4. The summed E-state index contributed by atoms with van der Waals surface area (Å²) in [7, 11) is 3.80. The summed E-state index contributed by atoms with van der Waals surface area (Å²) in [6.07, 6.45) is 2.62. The molecule has 1 saturated heterocycles. The van der Waals surface area contributed by atoms with Gasteiger partial charge in [-0.3, -0.25) is 9.89 Å². The maximum atomic E-state index is 13.8.